The summed E-state index contributed by atoms with van der Waals surface area (Å²) in [6.07, 6.45) is 0.842. The highest BCUT2D eigenvalue weighted by atomic mass is 16.6. The van der Waals surface area contributed by atoms with Gasteiger partial charge in [-0.1, -0.05) is 13.8 Å². The summed E-state index contributed by atoms with van der Waals surface area (Å²) in [6, 6.07) is 0. The minimum Gasteiger partial charge on any atom is -0.737 e. The standard InChI is InChI=1S/C7H18N4O2/c1-7(2)3-5-10(6-4-8)11(13)9-12/h7,12H,3-6,8H2,1-2H3/p-1/b11-9-. The highest BCUT2D eigenvalue weighted by Gasteiger charge is 2.10. The van der Waals surface area contributed by atoms with Crippen LogP contribution in [-0.2, 0) is 0 Å². The largest absolute Gasteiger partial charge is 0.737 e. The summed E-state index contributed by atoms with van der Waals surface area (Å²) in [7, 11) is 0. The molecule has 0 fully saturated rings. The average Bonchev–Trinajstić information content (AvgIpc) is 2.10. The van der Waals surface area contributed by atoms with Gasteiger partial charge in [0.25, 0.3) is 0 Å². The third-order valence-corrected chi connectivity index (χ3v) is 1.66. The van der Waals surface area contributed by atoms with Gasteiger partial charge in [-0.05, 0) is 17.6 Å². The van der Waals surface area contributed by atoms with E-state index in [-0.39, 0.29) is 4.97 Å². The van der Waals surface area contributed by atoms with Gasteiger partial charge in [0.2, 0.25) is 0 Å². The molecule has 2 N–H and O–H groups in total. The van der Waals surface area contributed by atoms with Crippen molar-refractivity contribution < 1.29 is 4.97 Å². The number of nitrogens with zero attached hydrogens (tertiary/aromatic N) is 3. The van der Waals surface area contributed by atoms with Crippen LogP contribution in [0.25, 0.3) is 0 Å². The molecule has 0 unspecified atom stereocenters. The van der Waals surface area contributed by atoms with Crippen LogP contribution in [-0.4, -0.2) is 29.6 Å². The average molecular weight is 189 g/mol. The number of hydrogen-bond donors (Lipinski definition) is 1. The van der Waals surface area contributed by atoms with Gasteiger partial charge in [0.15, 0.2) is 0 Å². The van der Waals surface area contributed by atoms with E-state index in [0.717, 1.165) is 6.42 Å². The van der Waals surface area contributed by atoms with Gasteiger partial charge in [0.05, 0.1) is 13.1 Å². The van der Waals surface area contributed by atoms with Crippen molar-refractivity contribution >= 4 is 0 Å². The van der Waals surface area contributed by atoms with Crippen LogP contribution in [0.2, 0.25) is 0 Å². The van der Waals surface area contributed by atoms with Gasteiger partial charge >= 0.3 is 0 Å². The maximum absolute atomic E-state index is 10.8. The van der Waals surface area contributed by atoms with E-state index in [1.807, 2.05) is 13.8 Å². The first-order valence-corrected chi connectivity index (χ1v) is 4.37. The molecule has 13 heavy (non-hydrogen) atoms. The molecule has 0 heterocycles. The van der Waals surface area contributed by atoms with E-state index in [1.165, 1.54) is 5.01 Å². The molecule has 0 amide bonds. The molecule has 0 rings (SSSR count). The first-order chi connectivity index (χ1) is 6.11. The molecule has 0 bridgehead atoms. The molecular weight excluding hydrogens is 172 g/mol. The lowest BCUT2D eigenvalue weighted by Crippen LogP contribution is -2.36. The molecule has 0 saturated carbocycles. The van der Waals surface area contributed by atoms with Crippen LogP contribution in [0, 0.1) is 16.3 Å². The summed E-state index contributed by atoms with van der Waals surface area (Å²) in [5, 5.41) is 24.4. The van der Waals surface area contributed by atoms with Crippen LogP contribution in [0.5, 0.6) is 0 Å². The summed E-state index contributed by atoms with van der Waals surface area (Å²) < 4.78 is 0. The van der Waals surface area contributed by atoms with Gasteiger partial charge in [-0.2, -0.15) is 0 Å². The van der Waals surface area contributed by atoms with E-state index in [9.17, 15) is 10.4 Å². The number of rotatable bonds is 6. The second kappa shape index (κ2) is 6.47. The highest BCUT2D eigenvalue weighted by Crippen LogP contribution is 2.01. The smallest absolute Gasteiger partial charge is 0.0890 e. The number of hydrogen-bond acceptors (Lipinski definition) is 4. The van der Waals surface area contributed by atoms with Gasteiger partial charge in [0, 0.05) is 11.5 Å². The molecule has 0 radical (unpaired) electrons. The molecule has 6 nitrogen and oxygen atoms in total. The van der Waals surface area contributed by atoms with E-state index in [4.69, 9.17) is 5.73 Å². The molecule has 0 aromatic heterocycles. The third-order valence-electron chi connectivity index (χ3n) is 1.66. The van der Waals surface area contributed by atoms with Crippen LogP contribution >= 0.6 is 0 Å². The van der Waals surface area contributed by atoms with E-state index in [0.29, 0.717) is 25.6 Å². The van der Waals surface area contributed by atoms with Crippen molar-refractivity contribution in [2.45, 2.75) is 20.3 Å². The van der Waals surface area contributed by atoms with Crippen molar-refractivity contribution in [3.63, 3.8) is 0 Å². The van der Waals surface area contributed by atoms with Crippen LogP contribution < -0.4 is 5.73 Å². The molecule has 78 valence electrons. The van der Waals surface area contributed by atoms with Crippen molar-refractivity contribution in [1.82, 2.24) is 5.01 Å². The van der Waals surface area contributed by atoms with Gasteiger partial charge in [-0.25, -0.2) is 0 Å². The van der Waals surface area contributed by atoms with Crippen molar-refractivity contribution in [2.75, 3.05) is 19.6 Å². The second-order valence-electron chi connectivity index (χ2n) is 3.26. The molecular formula is C7H17N4O2-. The Balaban J connectivity index is 3.94. The minimum absolute atomic E-state index is 0.0647. The Morgan fingerprint density at radius 2 is 2.08 bits per heavy atom. The molecule has 0 atom stereocenters. The molecule has 0 saturated heterocycles. The van der Waals surface area contributed by atoms with E-state index >= 15 is 0 Å². The van der Waals surface area contributed by atoms with E-state index in [1.54, 1.807) is 0 Å². The first kappa shape index (κ1) is 12.0. The Kier molecular flexibility index (Phi) is 5.96. The van der Waals surface area contributed by atoms with Gasteiger partial charge in [-0.15, -0.1) is 5.01 Å². The SMILES string of the molecule is CC(C)CCN(CCN)/[N+]([O-])=N/[O-]. The van der Waals surface area contributed by atoms with Crippen LogP contribution in [0.4, 0.5) is 0 Å². The fourth-order valence-corrected chi connectivity index (χ4v) is 0.891. The summed E-state index contributed by atoms with van der Waals surface area (Å²) in [4.78, 5) is 0.0647. The zero-order valence-corrected chi connectivity index (χ0v) is 8.14. The lowest BCUT2D eigenvalue weighted by atomic mass is 10.1. The van der Waals surface area contributed by atoms with Crippen LogP contribution in [0.15, 0.2) is 5.28 Å². The predicted molar refractivity (Wildman–Crippen MR) is 49.5 cm³/mol. The lowest BCUT2D eigenvalue weighted by Gasteiger charge is -2.19. The van der Waals surface area contributed by atoms with Gasteiger partial charge in [0.1, 0.15) is 0 Å². The maximum atomic E-state index is 10.8. The van der Waals surface area contributed by atoms with Crippen molar-refractivity contribution in [3.8, 4) is 0 Å². The van der Waals surface area contributed by atoms with Crippen LogP contribution in [0.1, 0.15) is 20.3 Å². The quantitative estimate of drug-likeness (QED) is 0.377. The fourth-order valence-electron chi connectivity index (χ4n) is 0.891. The summed E-state index contributed by atoms with van der Waals surface area (Å²) in [5.41, 5.74) is 5.28. The monoisotopic (exact) mass is 189 g/mol. The Morgan fingerprint density at radius 3 is 2.46 bits per heavy atom. The number of nitrogens with two attached hydrogens (primary N) is 1. The molecule has 0 aliphatic heterocycles. The Hall–Kier alpha value is -1.04. The summed E-state index contributed by atoms with van der Waals surface area (Å²) in [5.74, 6) is 0.486. The summed E-state index contributed by atoms with van der Waals surface area (Å²) >= 11 is 0. The Bertz CT molecular complexity index is 161. The van der Waals surface area contributed by atoms with Crippen molar-refractivity contribution in [3.05, 3.63) is 10.4 Å². The first-order valence-electron chi connectivity index (χ1n) is 4.37. The number of hydrazine groups is 1. The van der Waals surface area contributed by atoms with Gasteiger partial charge in [-0.3, -0.25) is 0 Å². The summed E-state index contributed by atoms with van der Waals surface area (Å²) in [6.45, 7) is 5.31. The zero-order chi connectivity index (χ0) is 10.3. The van der Waals surface area contributed by atoms with E-state index < -0.39 is 0 Å². The lowest BCUT2D eigenvalue weighted by molar-refractivity contribution is -0.690. The second-order valence-corrected chi connectivity index (χ2v) is 3.26. The van der Waals surface area contributed by atoms with Crippen molar-refractivity contribution in [1.29, 1.82) is 0 Å². The molecule has 0 aromatic rings. The fraction of sp³-hybridized carbons (Fsp3) is 1.00. The highest BCUT2D eigenvalue weighted by molar-refractivity contribution is 4.50. The minimum atomic E-state index is 0.0647. The normalized spacial score (nSPS) is 12.2. The Labute approximate surface area is 78.2 Å². The molecule has 0 aromatic carbocycles. The van der Waals surface area contributed by atoms with Crippen molar-refractivity contribution in [2.24, 2.45) is 16.9 Å². The molecule has 0 aliphatic rings. The molecule has 0 aliphatic carbocycles. The predicted octanol–water partition coefficient (Wildman–Crippen LogP) is 0.669. The van der Waals surface area contributed by atoms with E-state index in [2.05, 4.69) is 5.28 Å². The van der Waals surface area contributed by atoms with Crippen LogP contribution in [0.3, 0.4) is 0 Å². The maximum Gasteiger partial charge on any atom is 0.0890 e. The third kappa shape index (κ3) is 5.24. The topological polar surface area (TPSA) is 90.8 Å². The molecule has 6 heteroatoms. The zero-order valence-electron chi connectivity index (χ0n) is 8.14. The Morgan fingerprint density at radius 1 is 1.46 bits per heavy atom. The molecule has 0 spiro atoms. The van der Waals surface area contributed by atoms with Gasteiger partial charge < -0.3 is 16.1 Å².